The zero-order valence-electron chi connectivity index (χ0n) is 10.3. The van der Waals surface area contributed by atoms with Crippen LogP contribution < -0.4 is 0 Å². The molecule has 1 heterocycles. The van der Waals surface area contributed by atoms with Crippen LogP contribution in [0.25, 0.3) is 0 Å². The Morgan fingerprint density at radius 3 is 2.50 bits per heavy atom. The number of hydrogen-bond acceptors (Lipinski definition) is 4. The van der Waals surface area contributed by atoms with Gasteiger partial charge < -0.3 is 0 Å². The second-order valence-electron chi connectivity index (χ2n) is 5.42. The highest BCUT2D eigenvalue weighted by atomic mass is 32.2. The van der Waals surface area contributed by atoms with Crippen molar-refractivity contribution < 1.29 is 0 Å². The Bertz CT molecular complexity index is 336. The molecule has 16 heavy (non-hydrogen) atoms. The van der Waals surface area contributed by atoms with E-state index >= 15 is 0 Å². The van der Waals surface area contributed by atoms with Gasteiger partial charge in [0, 0.05) is 5.25 Å². The SMILES string of the molecule is CC(C)(C)n1nnnc1SC1CCCCC1. The van der Waals surface area contributed by atoms with Gasteiger partial charge in [0.05, 0.1) is 5.54 Å². The molecule has 0 atom stereocenters. The average molecular weight is 240 g/mol. The minimum Gasteiger partial charge on any atom is -0.215 e. The van der Waals surface area contributed by atoms with Crippen molar-refractivity contribution in [2.24, 2.45) is 0 Å². The van der Waals surface area contributed by atoms with Gasteiger partial charge in [0.2, 0.25) is 5.16 Å². The molecule has 1 aliphatic carbocycles. The maximum absolute atomic E-state index is 4.14. The van der Waals surface area contributed by atoms with Crippen LogP contribution in [0.3, 0.4) is 0 Å². The molecule has 0 aliphatic heterocycles. The normalized spacial score (nSPS) is 18.9. The molecule has 1 aliphatic rings. The first-order chi connectivity index (χ1) is 7.57. The number of tetrazole rings is 1. The fraction of sp³-hybridized carbons (Fsp3) is 0.909. The van der Waals surface area contributed by atoms with Gasteiger partial charge in [-0.3, -0.25) is 0 Å². The molecular formula is C11H20N4S. The van der Waals surface area contributed by atoms with Crippen LogP contribution in [0.1, 0.15) is 52.9 Å². The van der Waals surface area contributed by atoms with E-state index < -0.39 is 0 Å². The van der Waals surface area contributed by atoms with Crippen molar-refractivity contribution in [1.29, 1.82) is 0 Å². The highest BCUT2D eigenvalue weighted by molar-refractivity contribution is 7.99. The fourth-order valence-electron chi connectivity index (χ4n) is 2.01. The zero-order valence-corrected chi connectivity index (χ0v) is 11.1. The van der Waals surface area contributed by atoms with E-state index in [4.69, 9.17) is 0 Å². The van der Waals surface area contributed by atoms with Gasteiger partial charge in [-0.25, -0.2) is 4.68 Å². The highest BCUT2D eigenvalue weighted by Crippen LogP contribution is 2.33. The van der Waals surface area contributed by atoms with Crippen LogP contribution in [-0.4, -0.2) is 25.5 Å². The Kier molecular flexibility index (Phi) is 3.52. The zero-order chi connectivity index (χ0) is 11.6. The smallest absolute Gasteiger partial charge is 0.210 e. The lowest BCUT2D eigenvalue weighted by atomic mass is 10.0. The van der Waals surface area contributed by atoms with E-state index in [1.165, 1.54) is 32.1 Å². The van der Waals surface area contributed by atoms with Crippen molar-refractivity contribution >= 4 is 11.8 Å². The molecule has 0 saturated heterocycles. The first-order valence-electron chi connectivity index (χ1n) is 6.03. The van der Waals surface area contributed by atoms with Crippen LogP contribution in [0.2, 0.25) is 0 Å². The van der Waals surface area contributed by atoms with Gasteiger partial charge in [-0.1, -0.05) is 31.0 Å². The average Bonchev–Trinajstić information content (AvgIpc) is 2.67. The summed E-state index contributed by atoms with van der Waals surface area (Å²) in [6, 6.07) is 0. The van der Waals surface area contributed by atoms with Gasteiger partial charge in [-0.05, 0) is 44.0 Å². The predicted octanol–water partition coefficient (Wildman–Crippen LogP) is 2.85. The molecule has 0 unspecified atom stereocenters. The third-order valence-corrected chi connectivity index (χ3v) is 4.17. The summed E-state index contributed by atoms with van der Waals surface area (Å²) in [5.41, 5.74) is -0.0273. The Balaban J connectivity index is 2.06. The van der Waals surface area contributed by atoms with Crippen LogP contribution in [0.4, 0.5) is 0 Å². The van der Waals surface area contributed by atoms with Crippen molar-refractivity contribution in [3.05, 3.63) is 0 Å². The van der Waals surface area contributed by atoms with Crippen LogP contribution >= 0.6 is 11.8 Å². The van der Waals surface area contributed by atoms with Crippen molar-refractivity contribution in [2.75, 3.05) is 0 Å². The Morgan fingerprint density at radius 1 is 1.19 bits per heavy atom. The first kappa shape index (κ1) is 11.9. The second kappa shape index (κ2) is 4.73. The fourth-order valence-corrected chi connectivity index (χ4v) is 3.37. The molecule has 1 fully saturated rings. The van der Waals surface area contributed by atoms with E-state index in [2.05, 4.69) is 36.3 Å². The van der Waals surface area contributed by atoms with Gasteiger partial charge in [-0.15, -0.1) is 5.10 Å². The summed E-state index contributed by atoms with van der Waals surface area (Å²) < 4.78 is 1.94. The van der Waals surface area contributed by atoms with E-state index in [9.17, 15) is 0 Å². The van der Waals surface area contributed by atoms with Gasteiger partial charge in [-0.2, -0.15) is 0 Å². The predicted molar refractivity (Wildman–Crippen MR) is 65.5 cm³/mol. The van der Waals surface area contributed by atoms with E-state index in [1.54, 1.807) is 0 Å². The molecule has 0 spiro atoms. The maximum atomic E-state index is 4.14. The van der Waals surface area contributed by atoms with Gasteiger partial charge in [0.1, 0.15) is 0 Å². The van der Waals surface area contributed by atoms with Crippen LogP contribution in [0.5, 0.6) is 0 Å². The monoisotopic (exact) mass is 240 g/mol. The molecule has 0 amide bonds. The molecule has 0 bridgehead atoms. The summed E-state index contributed by atoms with van der Waals surface area (Å²) in [7, 11) is 0. The third-order valence-electron chi connectivity index (χ3n) is 2.90. The molecule has 1 aromatic heterocycles. The van der Waals surface area contributed by atoms with E-state index in [0.717, 1.165) is 5.16 Å². The molecule has 0 N–H and O–H groups in total. The summed E-state index contributed by atoms with van der Waals surface area (Å²) in [6.45, 7) is 6.40. The van der Waals surface area contributed by atoms with Crippen molar-refractivity contribution in [2.45, 2.75) is 68.8 Å². The number of thioether (sulfide) groups is 1. The van der Waals surface area contributed by atoms with E-state index in [1.807, 2.05) is 16.4 Å². The lowest BCUT2D eigenvalue weighted by Crippen LogP contribution is -2.25. The molecule has 4 nitrogen and oxygen atoms in total. The lowest BCUT2D eigenvalue weighted by molar-refractivity contribution is 0.320. The topological polar surface area (TPSA) is 43.6 Å². The summed E-state index contributed by atoms with van der Waals surface area (Å²) in [5.74, 6) is 0. The van der Waals surface area contributed by atoms with Crippen molar-refractivity contribution in [1.82, 2.24) is 20.2 Å². The standard InChI is InChI=1S/C11H20N4S/c1-11(2,3)15-10(12-13-14-15)16-9-7-5-4-6-8-9/h9H,4-8H2,1-3H3. The first-order valence-corrected chi connectivity index (χ1v) is 6.91. The summed E-state index contributed by atoms with van der Waals surface area (Å²) >= 11 is 1.85. The molecular weight excluding hydrogens is 220 g/mol. The largest absolute Gasteiger partial charge is 0.215 e. The Hall–Kier alpha value is -0.580. The molecule has 0 aromatic carbocycles. The summed E-state index contributed by atoms with van der Waals surface area (Å²) in [6.07, 6.45) is 6.72. The Labute approximate surface area is 101 Å². The summed E-state index contributed by atoms with van der Waals surface area (Å²) in [5, 5.41) is 13.7. The molecule has 5 heteroatoms. The second-order valence-corrected chi connectivity index (χ2v) is 6.69. The Morgan fingerprint density at radius 2 is 1.88 bits per heavy atom. The van der Waals surface area contributed by atoms with Crippen molar-refractivity contribution in [3.8, 4) is 0 Å². The molecule has 2 rings (SSSR count). The molecule has 1 saturated carbocycles. The minimum absolute atomic E-state index is 0.0273. The number of aromatic nitrogens is 4. The van der Waals surface area contributed by atoms with E-state index in [0.29, 0.717) is 5.25 Å². The lowest BCUT2D eigenvalue weighted by Gasteiger charge is -2.23. The van der Waals surface area contributed by atoms with Gasteiger partial charge in [0.25, 0.3) is 0 Å². The summed E-state index contributed by atoms with van der Waals surface area (Å²) in [4.78, 5) is 0. The quantitative estimate of drug-likeness (QED) is 0.797. The van der Waals surface area contributed by atoms with Gasteiger partial charge >= 0.3 is 0 Å². The van der Waals surface area contributed by atoms with Crippen molar-refractivity contribution in [3.63, 3.8) is 0 Å². The number of rotatable bonds is 2. The van der Waals surface area contributed by atoms with Gasteiger partial charge in [0.15, 0.2) is 0 Å². The van der Waals surface area contributed by atoms with Crippen LogP contribution in [-0.2, 0) is 5.54 Å². The van der Waals surface area contributed by atoms with E-state index in [-0.39, 0.29) is 5.54 Å². The molecule has 90 valence electrons. The molecule has 0 radical (unpaired) electrons. The van der Waals surface area contributed by atoms with Crippen LogP contribution in [0.15, 0.2) is 5.16 Å². The number of hydrogen-bond donors (Lipinski definition) is 0. The minimum atomic E-state index is -0.0273. The highest BCUT2D eigenvalue weighted by Gasteiger charge is 2.23. The number of nitrogens with zero attached hydrogens (tertiary/aromatic N) is 4. The maximum Gasteiger partial charge on any atom is 0.210 e. The third kappa shape index (κ3) is 2.75. The van der Waals surface area contributed by atoms with Crippen LogP contribution in [0, 0.1) is 0 Å². The molecule has 1 aromatic rings.